The molecule has 2 aliphatic heterocycles. The van der Waals surface area contributed by atoms with Crippen molar-refractivity contribution in [2.45, 2.75) is 45.1 Å². The minimum Gasteiger partial charge on any atom is -0.341 e. The summed E-state index contributed by atoms with van der Waals surface area (Å²) in [5.74, 6) is -0.478. The van der Waals surface area contributed by atoms with Gasteiger partial charge in [-0.3, -0.25) is 9.59 Å². The van der Waals surface area contributed by atoms with Gasteiger partial charge in [0.15, 0.2) is 9.84 Å². The first-order valence-electron chi connectivity index (χ1n) is 9.36. The number of nitrogens with zero attached hydrogens (tertiary/aromatic N) is 2. The topological polar surface area (TPSA) is 74.8 Å². The Bertz CT molecular complexity index is 857. The highest BCUT2D eigenvalue weighted by Crippen LogP contribution is 2.35. The monoisotopic (exact) mass is 392 g/mol. The summed E-state index contributed by atoms with van der Waals surface area (Å²) in [4.78, 5) is 28.8. The van der Waals surface area contributed by atoms with Gasteiger partial charge in [0.25, 0.3) is 0 Å². The molecule has 6 nitrogen and oxygen atoms in total. The van der Waals surface area contributed by atoms with Crippen molar-refractivity contribution in [1.82, 2.24) is 4.90 Å². The first kappa shape index (κ1) is 19.9. The molecule has 2 saturated heterocycles. The van der Waals surface area contributed by atoms with E-state index in [1.54, 1.807) is 16.8 Å². The molecule has 7 heteroatoms. The van der Waals surface area contributed by atoms with E-state index in [0.717, 1.165) is 11.3 Å². The summed E-state index contributed by atoms with van der Waals surface area (Å²) < 4.78 is 23.4. The summed E-state index contributed by atoms with van der Waals surface area (Å²) in [7, 11) is -1.40. The van der Waals surface area contributed by atoms with Crippen molar-refractivity contribution in [3.8, 4) is 0 Å². The van der Waals surface area contributed by atoms with E-state index >= 15 is 0 Å². The number of carbonyl (C=O) groups excluding carboxylic acids is 2. The number of benzene rings is 1. The van der Waals surface area contributed by atoms with Gasteiger partial charge < -0.3 is 9.80 Å². The van der Waals surface area contributed by atoms with E-state index in [1.165, 1.54) is 0 Å². The fourth-order valence-corrected chi connectivity index (χ4v) is 5.77. The van der Waals surface area contributed by atoms with E-state index in [-0.39, 0.29) is 41.2 Å². The fraction of sp³-hybridized carbons (Fsp3) is 0.600. The summed E-state index contributed by atoms with van der Waals surface area (Å²) in [6.07, 6.45) is 0.642. The normalized spacial score (nSPS) is 25.0. The maximum atomic E-state index is 12.9. The molecule has 0 radical (unpaired) electrons. The molecular formula is C20H28N2O4S. The molecule has 27 heavy (non-hydrogen) atoms. The average Bonchev–Trinajstić information content (AvgIpc) is 3.15. The molecule has 2 aliphatic rings. The summed E-state index contributed by atoms with van der Waals surface area (Å²) in [6.45, 7) is 6.64. The molecule has 2 atom stereocenters. The first-order valence-corrected chi connectivity index (χ1v) is 11.2. The Morgan fingerprint density at radius 2 is 1.89 bits per heavy atom. The fourth-order valence-electron chi connectivity index (χ4n) is 4.00. The van der Waals surface area contributed by atoms with Crippen molar-refractivity contribution in [3.63, 3.8) is 0 Å². The second kappa shape index (κ2) is 6.93. The van der Waals surface area contributed by atoms with E-state index in [4.69, 9.17) is 0 Å². The van der Waals surface area contributed by atoms with Crippen molar-refractivity contribution in [1.29, 1.82) is 0 Å². The number of amides is 2. The second-order valence-corrected chi connectivity index (χ2v) is 10.9. The van der Waals surface area contributed by atoms with Gasteiger partial charge in [-0.05, 0) is 23.5 Å². The number of anilines is 1. The van der Waals surface area contributed by atoms with Gasteiger partial charge >= 0.3 is 0 Å². The van der Waals surface area contributed by atoms with Crippen LogP contribution in [0.4, 0.5) is 5.69 Å². The second-order valence-electron chi connectivity index (χ2n) is 8.68. The van der Waals surface area contributed by atoms with Gasteiger partial charge in [-0.1, -0.05) is 39.0 Å². The number of sulfone groups is 1. The van der Waals surface area contributed by atoms with Crippen LogP contribution in [-0.4, -0.2) is 56.3 Å². The molecule has 0 bridgehead atoms. The summed E-state index contributed by atoms with van der Waals surface area (Å²) >= 11 is 0. The maximum Gasteiger partial charge on any atom is 0.228 e. The highest BCUT2D eigenvalue weighted by Gasteiger charge is 2.41. The smallest absolute Gasteiger partial charge is 0.228 e. The van der Waals surface area contributed by atoms with Crippen LogP contribution in [0.5, 0.6) is 0 Å². The van der Waals surface area contributed by atoms with Crippen LogP contribution in [0.25, 0.3) is 0 Å². The lowest BCUT2D eigenvalue weighted by atomic mass is 9.85. The van der Waals surface area contributed by atoms with Gasteiger partial charge in [0.05, 0.1) is 17.4 Å². The predicted molar refractivity (Wildman–Crippen MR) is 105 cm³/mol. The lowest BCUT2D eigenvalue weighted by Crippen LogP contribution is -2.42. The standard InChI is InChI=1S/C20H28N2O4S/c1-20(2,3)16-7-5-6-8-17(16)22-12-14(11-18(22)23)19(24)21(4)15-9-10-27(25,26)13-15/h5-8,14-15H,9-13H2,1-4H3. The lowest BCUT2D eigenvalue weighted by molar-refractivity contribution is -0.136. The van der Waals surface area contributed by atoms with E-state index in [0.29, 0.717) is 13.0 Å². The van der Waals surface area contributed by atoms with Crippen LogP contribution < -0.4 is 4.90 Å². The SMILES string of the molecule is CN(C(=O)C1CC(=O)N(c2ccccc2C(C)(C)C)C1)C1CCS(=O)(=O)C1. The number of hydrogen-bond donors (Lipinski definition) is 0. The Morgan fingerprint density at radius 3 is 2.48 bits per heavy atom. The third-order valence-corrected chi connectivity index (χ3v) is 7.33. The zero-order valence-electron chi connectivity index (χ0n) is 16.4. The third kappa shape index (κ3) is 4.03. The maximum absolute atomic E-state index is 12.9. The van der Waals surface area contributed by atoms with Crippen molar-refractivity contribution in [3.05, 3.63) is 29.8 Å². The molecule has 0 saturated carbocycles. The molecule has 2 fully saturated rings. The highest BCUT2D eigenvalue weighted by molar-refractivity contribution is 7.91. The van der Waals surface area contributed by atoms with Gasteiger partial charge in [-0.15, -0.1) is 0 Å². The molecule has 0 N–H and O–H groups in total. The molecular weight excluding hydrogens is 364 g/mol. The minimum atomic E-state index is -3.06. The highest BCUT2D eigenvalue weighted by atomic mass is 32.2. The van der Waals surface area contributed by atoms with Crippen molar-refractivity contribution in [2.24, 2.45) is 5.92 Å². The van der Waals surface area contributed by atoms with Crippen molar-refractivity contribution < 1.29 is 18.0 Å². The number of hydrogen-bond acceptors (Lipinski definition) is 4. The molecule has 2 heterocycles. The molecule has 2 amide bonds. The van der Waals surface area contributed by atoms with E-state index in [2.05, 4.69) is 20.8 Å². The van der Waals surface area contributed by atoms with E-state index in [1.807, 2.05) is 24.3 Å². The Morgan fingerprint density at radius 1 is 1.22 bits per heavy atom. The summed E-state index contributed by atoms with van der Waals surface area (Å²) in [6, 6.07) is 7.53. The van der Waals surface area contributed by atoms with E-state index < -0.39 is 15.8 Å². The molecule has 0 aliphatic carbocycles. The van der Waals surface area contributed by atoms with Crippen molar-refractivity contribution >= 4 is 27.3 Å². The van der Waals surface area contributed by atoms with Crippen LogP contribution >= 0.6 is 0 Å². The number of rotatable bonds is 3. The minimum absolute atomic E-state index is 0.0203. The van der Waals surface area contributed by atoms with Crippen LogP contribution in [0.1, 0.15) is 39.2 Å². The lowest BCUT2D eigenvalue weighted by Gasteiger charge is -2.28. The molecule has 1 aromatic carbocycles. The zero-order valence-corrected chi connectivity index (χ0v) is 17.3. The van der Waals surface area contributed by atoms with Crippen LogP contribution in [-0.2, 0) is 24.8 Å². The average molecular weight is 393 g/mol. The van der Waals surface area contributed by atoms with Crippen LogP contribution in [0, 0.1) is 5.92 Å². The Balaban J connectivity index is 1.77. The summed E-state index contributed by atoms with van der Waals surface area (Å²) in [5.41, 5.74) is 1.81. The predicted octanol–water partition coefficient (Wildman–Crippen LogP) is 1.98. The van der Waals surface area contributed by atoms with Crippen LogP contribution in [0.3, 0.4) is 0 Å². The molecule has 148 valence electrons. The first-order chi connectivity index (χ1) is 12.5. The molecule has 1 aromatic rings. The largest absolute Gasteiger partial charge is 0.341 e. The van der Waals surface area contributed by atoms with Gasteiger partial charge in [0.1, 0.15) is 0 Å². The van der Waals surface area contributed by atoms with Gasteiger partial charge in [0, 0.05) is 31.7 Å². The Hall–Kier alpha value is -1.89. The number of carbonyl (C=O) groups is 2. The third-order valence-electron chi connectivity index (χ3n) is 5.58. The van der Waals surface area contributed by atoms with Crippen LogP contribution in [0.15, 0.2) is 24.3 Å². The molecule has 0 spiro atoms. The quantitative estimate of drug-likeness (QED) is 0.788. The van der Waals surface area contributed by atoms with Crippen LogP contribution in [0.2, 0.25) is 0 Å². The summed E-state index contributed by atoms with van der Waals surface area (Å²) in [5, 5.41) is 0. The number of para-hydroxylation sites is 1. The molecule has 2 unspecified atom stereocenters. The van der Waals surface area contributed by atoms with Crippen molar-refractivity contribution in [2.75, 3.05) is 30.0 Å². The van der Waals surface area contributed by atoms with Gasteiger partial charge in [0.2, 0.25) is 11.8 Å². The van der Waals surface area contributed by atoms with E-state index in [9.17, 15) is 18.0 Å². The molecule has 3 rings (SSSR count). The Kier molecular flexibility index (Phi) is 5.10. The zero-order chi connectivity index (χ0) is 20.0. The van der Waals surface area contributed by atoms with Gasteiger partial charge in [-0.25, -0.2) is 8.42 Å². The molecule has 0 aromatic heterocycles. The van der Waals surface area contributed by atoms with Gasteiger partial charge in [-0.2, -0.15) is 0 Å². The Labute approximate surface area is 161 Å².